The van der Waals surface area contributed by atoms with Gasteiger partial charge in [-0.1, -0.05) is 0 Å². The van der Waals surface area contributed by atoms with E-state index in [0.29, 0.717) is 11.1 Å². The first-order valence-electron chi connectivity index (χ1n) is 4.46. The van der Waals surface area contributed by atoms with Gasteiger partial charge in [0.05, 0.1) is 7.11 Å². The molecule has 2 rings (SSSR count). The van der Waals surface area contributed by atoms with Crippen LogP contribution in [0.15, 0.2) is 12.1 Å². The van der Waals surface area contributed by atoms with E-state index in [2.05, 4.69) is 4.98 Å². The minimum absolute atomic E-state index is 0.285. The van der Waals surface area contributed by atoms with Crippen LogP contribution >= 0.6 is 0 Å². The lowest BCUT2D eigenvalue weighted by atomic mass is 10.1. The van der Waals surface area contributed by atoms with Crippen molar-refractivity contribution in [1.29, 1.82) is 0 Å². The van der Waals surface area contributed by atoms with Crippen LogP contribution in [-0.2, 0) is 0 Å². The van der Waals surface area contributed by atoms with E-state index in [1.807, 2.05) is 19.9 Å². The van der Waals surface area contributed by atoms with Crippen LogP contribution in [-0.4, -0.2) is 12.1 Å². The van der Waals surface area contributed by atoms with Gasteiger partial charge in [-0.25, -0.2) is 4.39 Å². The van der Waals surface area contributed by atoms with E-state index < -0.39 is 0 Å². The zero-order chi connectivity index (χ0) is 10.3. The molecule has 0 aliphatic carbocycles. The van der Waals surface area contributed by atoms with Crippen molar-refractivity contribution in [3.63, 3.8) is 0 Å². The van der Waals surface area contributed by atoms with Crippen LogP contribution in [0.2, 0.25) is 0 Å². The van der Waals surface area contributed by atoms with Crippen molar-refractivity contribution in [3.05, 3.63) is 29.2 Å². The van der Waals surface area contributed by atoms with Crippen molar-refractivity contribution < 1.29 is 9.13 Å². The van der Waals surface area contributed by atoms with Gasteiger partial charge in [0.1, 0.15) is 0 Å². The summed E-state index contributed by atoms with van der Waals surface area (Å²) in [5.41, 5.74) is 2.75. The molecule has 0 radical (unpaired) electrons. The smallest absolute Gasteiger partial charge is 0.174 e. The molecule has 0 amide bonds. The quantitative estimate of drug-likeness (QED) is 0.740. The summed E-state index contributed by atoms with van der Waals surface area (Å²) in [6, 6.07) is 3.46. The van der Waals surface area contributed by atoms with Gasteiger partial charge in [-0.3, -0.25) is 0 Å². The molecule has 0 aliphatic heterocycles. The molecule has 14 heavy (non-hydrogen) atoms. The summed E-state index contributed by atoms with van der Waals surface area (Å²) in [6.07, 6.45) is 0. The number of fused-ring (bicyclic) bond motifs is 1. The largest absolute Gasteiger partial charge is 0.494 e. The van der Waals surface area contributed by atoms with E-state index in [9.17, 15) is 4.39 Å². The molecule has 3 heteroatoms. The van der Waals surface area contributed by atoms with Crippen LogP contribution in [0.3, 0.4) is 0 Å². The van der Waals surface area contributed by atoms with E-state index in [1.54, 1.807) is 6.07 Å². The molecule has 0 fully saturated rings. The lowest BCUT2D eigenvalue weighted by molar-refractivity contribution is 0.389. The SMILES string of the molecule is COc1ccc2[nH]c(C)c(C)c2c1F. The van der Waals surface area contributed by atoms with Gasteiger partial charge >= 0.3 is 0 Å². The summed E-state index contributed by atoms with van der Waals surface area (Å²) in [6.45, 7) is 3.83. The summed E-state index contributed by atoms with van der Waals surface area (Å²) in [4.78, 5) is 3.12. The minimum Gasteiger partial charge on any atom is -0.494 e. The summed E-state index contributed by atoms with van der Waals surface area (Å²) in [7, 11) is 1.47. The Labute approximate surface area is 81.7 Å². The number of benzene rings is 1. The molecule has 0 atom stereocenters. The first kappa shape index (κ1) is 9.06. The number of aromatic amines is 1. The van der Waals surface area contributed by atoms with Crippen molar-refractivity contribution in [2.75, 3.05) is 7.11 Å². The topological polar surface area (TPSA) is 25.0 Å². The Bertz CT molecular complexity index is 487. The van der Waals surface area contributed by atoms with Crippen LogP contribution in [0.5, 0.6) is 5.75 Å². The van der Waals surface area contributed by atoms with Crippen LogP contribution in [0.1, 0.15) is 11.3 Å². The number of methoxy groups -OCH3 is 1. The number of nitrogens with one attached hydrogen (secondary N) is 1. The Hall–Kier alpha value is -1.51. The van der Waals surface area contributed by atoms with Crippen LogP contribution in [0.4, 0.5) is 4.39 Å². The summed E-state index contributed by atoms with van der Waals surface area (Å²) in [5.74, 6) is 0.00597. The molecule has 1 aromatic carbocycles. The number of halogens is 1. The maximum absolute atomic E-state index is 13.8. The first-order chi connectivity index (χ1) is 6.65. The maximum atomic E-state index is 13.8. The molecule has 0 bridgehead atoms. The number of hydrogen-bond donors (Lipinski definition) is 1. The van der Waals surface area contributed by atoms with Crippen LogP contribution in [0.25, 0.3) is 10.9 Å². The standard InChI is InChI=1S/C11H12FNO/c1-6-7(2)13-8-4-5-9(14-3)11(12)10(6)8/h4-5,13H,1-3H3. The van der Waals surface area contributed by atoms with Gasteiger partial charge in [-0.15, -0.1) is 0 Å². The lowest BCUT2D eigenvalue weighted by Gasteiger charge is -2.02. The molecule has 0 aliphatic rings. The van der Waals surface area contributed by atoms with Crippen molar-refractivity contribution in [2.24, 2.45) is 0 Å². The van der Waals surface area contributed by atoms with Gasteiger partial charge in [-0.05, 0) is 31.5 Å². The van der Waals surface area contributed by atoms with Gasteiger partial charge in [0.15, 0.2) is 11.6 Å². The van der Waals surface area contributed by atoms with E-state index in [-0.39, 0.29) is 5.82 Å². The maximum Gasteiger partial charge on any atom is 0.174 e. The van der Waals surface area contributed by atoms with E-state index in [0.717, 1.165) is 16.8 Å². The van der Waals surface area contributed by atoms with Crippen molar-refractivity contribution in [2.45, 2.75) is 13.8 Å². The zero-order valence-electron chi connectivity index (χ0n) is 8.44. The third-order valence-corrected chi connectivity index (χ3v) is 2.59. The number of hydrogen-bond acceptors (Lipinski definition) is 1. The second kappa shape index (κ2) is 3.01. The van der Waals surface area contributed by atoms with E-state index >= 15 is 0 Å². The monoisotopic (exact) mass is 193 g/mol. The van der Waals surface area contributed by atoms with Gasteiger partial charge in [-0.2, -0.15) is 0 Å². The van der Waals surface area contributed by atoms with Crippen LogP contribution < -0.4 is 4.74 Å². The summed E-state index contributed by atoms with van der Waals surface area (Å²) >= 11 is 0. The zero-order valence-corrected chi connectivity index (χ0v) is 8.44. The normalized spacial score (nSPS) is 10.9. The number of aryl methyl sites for hydroxylation is 2. The minimum atomic E-state index is -0.285. The molecule has 1 aromatic heterocycles. The first-order valence-corrected chi connectivity index (χ1v) is 4.46. The summed E-state index contributed by atoms with van der Waals surface area (Å²) < 4.78 is 18.7. The van der Waals surface area contributed by atoms with Crippen LogP contribution in [0, 0.1) is 19.7 Å². The lowest BCUT2D eigenvalue weighted by Crippen LogP contribution is -1.88. The number of H-pyrrole nitrogens is 1. The molecule has 2 nitrogen and oxygen atoms in total. The van der Waals surface area contributed by atoms with Crippen molar-refractivity contribution >= 4 is 10.9 Å². The van der Waals surface area contributed by atoms with Gasteiger partial charge < -0.3 is 9.72 Å². The number of aromatic nitrogens is 1. The highest BCUT2D eigenvalue weighted by Crippen LogP contribution is 2.29. The fraction of sp³-hybridized carbons (Fsp3) is 0.273. The number of ether oxygens (including phenoxy) is 1. The highest BCUT2D eigenvalue weighted by atomic mass is 19.1. The molecule has 1 heterocycles. The molecule has 2 aromatic rings. The predicted octanol–water partition coefficient (Wildman–Crippen LogP) is 2.93. The average Bonchev–Trinajstić information content (AvgIpc) is 2.44. The van der Waals surface area contributed by atoms with E-state index in [1.165, 1.54) is 7.11 Å². The van der Waals surface area contributed by atoms with E-state index in [4.69, 9.17) is 4.74 Å². The Morgan fingerprint density at radius 2 is 2.00 bits per heavy atom. The predicted molar refractivity (Wildman–Crippen MR) is 54.3 cm³/mol. The second-order valence-corrected chi connectivity index (χ2v) is 3.38. The highest BCUT2D eigenvalue weighted by molar-refractivity contribution is 5.86. The Morgan fingerprint density at radius 1 is 1.29 bits per heavy atom. The Kier molecular flexibility index (Phi) is 1.95. The van der Waals surface area contributed by atoms with Gasteiger partial charge in [0, 0.05) is 16.6 Å². The highest BCUT2D eigenvalue weighted by Gasteiger charge is 2.12. The fourth-order valence-corrected chi connectivity index (χ4v) is 1.67. The molecule has 1 N–H and O–H groups in total. The Morgan fingerprint density at radius 3 is 2.64 bits per heavy atom. The van der Waals surface area contributed by atoms with Crippen molar-refractivity contribution in [1.82, 2.24) is 4.98 Å². The van der Waals surface area contributed by atoms with Gasteiger partial charge in [0.2, 0.25) is 0 Å². The molecule has 0 saturated carbocycles. The average molecular weight is 193 g/mol. The molecular weight excluding hydrogens is 181 g/mol. The molecular formula is C11H12FNO. The Balaban J connectivity index is 2.86. The molecule has 0 saturated heterocycles. The third-order valence-electron chi connectivity index (χ3n) is 2.59. The number of rotatable bonds is 1. The van der Waals surface area contributed by atoms with Crippen molar-refractivity contribution in [3.8, 4) is 5.75 Å². The molecule has 0 spiro atoms. The third kappa shape index (κ3) is 1.09. The molecule has 74 valence electrons. The van der Waals surface area contributed by atoms with Gasteiger partial charge in [0.25, 0.3) is 0 Å². The fourth-order valence-electron chi connectivity index (χ4n) is 1.67. The second-order valence-electron chi connectivity index (χ2n) is 3.38. The summed E-state index contributed by atoms with van der Waals surface area (Å²) in [5, 5.41) is 0.627. The molecule has 0 unspecified atom stereocenters.